The Balaban J connectivity index is 1.55. The number of aromatic nitrogens is 1. The third kappa shape index (κ3) is 3.46. The van der Waals surface area contributed by atoms with Crippen LogP contribution in [0.3, 0.4) is 0 Å². The Labute approximate surface area is 170 Å². The largest absolute Gasteiger partial charge is 0.479 e. The summed E-state index contributed by atoms with van der Waals surface area (Å²) in [6.45, 7) is 1.73. The van der Waals surface area contributed by atoms with Crippen molar-refractivity contribution in [1.29, 1.82) is 0 Å². The quantitative estimate of drug-likeness (QED) is 0.688. The lowest BCUT2D eigenvalue weighted by Gasteiger charge is -2.30. The van der Waals surface area contributed by atoms with Crippen LogP contribution in [0.4, 0.5) is 10.8 Å². The monoisotopic (exact) mass is 413 g/mol. The van der Waals surface area contributed by atoms with Gasteiger partial charge in [-0.05, 0) is 49.4 Å². The second-order valence-electron chi connectivity index (χ2n) is 6.34. The number of carbonyl (C=O) groups is 2. The van der Waals surface area contributed by atoms with E-state index in [1.807, 2.05) is 23.6 Å². The molecular formula is C20H16ClN3O3S. The number of likely N-dealkylation sites (N-methyl/N-ethyl adjacent to an activating group) is 1. The SMILES string of the molecule is C[C@@H]1Oc2ccc(-c3csc(NC(=O)c4ccc(Cl)cc4)n3)cc2N(C)C1=O. The average Bonchev–Trinajstić information content (AvgIpc) is 3.15. The molecule has 0 saturated carbocycles. The fourth-order valence-corrected chi connectivity index (χ4v) is 3.75. The van der Waals surface area contributed by atoms with Crippen molar-refractivity contribution in [1.82, 2.24) is 4.98 Å². The molecule has 8 heteroatoms. The summed E-state index contributed by atoms with van der Waals surface area (Å²) >= 11 is 7.18. The van der Waals surface area contributed by atoms with Gasteiger partial charge in [-0.25, -0.2) is 4.98 Å². The van der Waals surface area contributed by atoms with Crippen LogP contribution in [0.2, 0.25) is 5.02 Å². The number of ether oxygens (including phenoxy) is 1. The average molecular weight is 414 g/mol. The summed E-state index contributed by atoms with van der Waals surface area (Å²) in [6, 6.07) is 12.2. The Morgan fingerprint density at radius 3 is 2.75 bits per heavy atom. The molecule has 0 unspecified atom stereocenters. The number of thiazole rings is 1. The number of hydrogen-bond acceptors (Lipinski definition) is 5. The number of halogens is 1. The molecule has 1 atom stereocenters. The van der Waals surface area contributed by atoms with Crippen LogP contribution in [0.5, 0.6) is 5.75 Å². The zero-order valence-corrected chi connectivity index (χ0v) is 16.7. The van der Waals surface area contributed by atoms with Gasteiger partial charge < -0.3 is 9.64 Å². The molecule has 3 aromatic rings. The summed E-state index contributed by atoms with van der Waals surface area (Å²) < 4.78 is 5.65. The van der Waals surface area contributed by atoms with Gasteiger partial charge in [0.2, 0.25) is 0 Å². The zero-order chi connectivity index (χ0) is 19.8. The molecule has 4 rings (SSSR count). The molecular weight excluding hydrogens is 398 g/mol. The highest BCUT2D eigenvalue weighted by Crippen LogP contribution is 2.37. The van der Waals surface area contributed by atoms with Crippen molar-refractivity contribution in [2.24, 2.45) is 0 Å². The first-order chi connectivity index (χ1) is 13.4. The third-order valence-corrected chi connectivity index (χ3v) is 5.44. The number of benzene rings is 2. The fraction of sp³-hybridized carbons (Fsp3) is 0.150. The van der Waals surface area contributed by atoms with Gasteiger partial charge in [-0.3, -0.25) is 14.9 Å². The minimum Gasteiger partial charge on any atom is -0.479 e. The van der Waals surface area contributed by atoms with Crippen LogP contribution in [-0.4, -0.2) is 29.9 Å². The van der Waals surface area contributed by atoms with Crippen molar-refractivity contribution in [3.05, 3.63) is 58.4 Å². The molecule has 6 nitrogen and oxygen atoms in total. The normalized spacial score (nSPS) is 15.8. The summed E-state index contributed by atoms with van der Waals surface area (Å²) in [5.41, 5.74) is 2.74. The summed E-state index contributed by atoms with van der Waals surface area (Å²) in [7, 11) is 1.72. The highest BCUT2D eigenvalue weighted by atomic mass is 35.5. The lowest BCUT2D eigenvalue weighted by molar-refractivity contribution is -0.125. The Bertz CT molecular complexity index is 1060. The van der Waals surface area contributed by atoms with E-state index in [-0.39, 0.29) is 11.8 Å². The Kier molecular flexibility index (Phi) is 4.78. The lowest BCUT2D eigenvalue weighted by Crippen LogP contribution is -2.41. The predicted octanol–water partition coefficient (Wildman–Crippen LogP) is 4.46. The van der Waals surface area contributed by atoms with Gasteiger partial charge in [0.05, 0.1) is 11.4 Å². The highest BCUT2D eigenvalue weighted by Gasteiger charge is 2.29. The molecule has 0 spiro atoms. The lowest BCUT2D eigenvalue weighted by atomic mass is 10.1. The maximum Gasteiger partial charge on any atom is 0.267 e. The molecule has 0 fully saturated rings. The minimum atomic E-state index is -0.502. The van der Waals surface area contributed by atoms with Crippen LogP contribution >= 0.6 is 22.9 Å². The second kappa shape index (κ2) is 7.26. The van der Waals surface area contributed by atoms with Gasteiger partial charge in [0.25, 0.3) is 11.8 Å². The number of rotatable bonds is 3. The Hall–Kier alpha value is -2.90. The van der Waals surface area contributed by atoms with E-state index in [1.165, 1.54) is 11.3 Å². The van der Waals surface area contributed by atoms with E-state index < -0.39 is 6.10 Å². The van der Waals surface area contributed by atoms with E-state index in [0.717, 1.165) is 5.56 Å². The van der Waals surface area contributed by atoms with Crippen LogP contribution in [0.1, 0.15) is 17.3 Å². The summed E-state index contributed by atoms with van der Waals surface area (Å²) in [4.78, 5) is 30.5. The van der Waals surface area contributed by atoms with Crippen LogP contribution in [0.25, 0.3) is 11.3 Å². The molecule has 28 heavy (non-hydrogen) atoms. The predicted molar refractivity (Wildman–Crippen MR) is 110 cm³/mol. The van der Waals surface area contributed by atoms with Crippen molar-refractivity contribution >= 4 is 45.6 Å². The molecule has 1 N–H and O–H groups in total. The van der Waals surface area contributed by atoms with Crippen LogP contribution < -0.4 is 15.0 Å². The molecule has 0 aliphatic carbocycles. The van der Waals surface area contributed by atoms with Gasteiger partial charge in [0, 0.05) is 28.6 Å². The molecule has 0 radical (unpaired) electrons. The number of anilines is 2. The van der Waals surface area contributed by atoms with Crippen molar-refractivity contribution in [2.75, 3.05) is 17.3 Å². The molecule has 1 aliphatic rings. The summed E-state index contributed by atoms with van der Waals surface area (Å²) in [6.07, 6.45) is -0.502. The Morgan fingerprint density at radius 1 is 1.25 bits per heavy atom. The van der Waals surface area contributed by atoms with Gasteiger partial charge in [-0.15, -0.1) is 11.3 Å². The molecule has 2 aromatic carbocycles. The van der Waals surface area contributed by atoms with Gasteiger partial charge in [0.15, 0.2) is 11.2 Å². The first-order valence-corrected chi connectivity index (χ1v) is 9.79. The van der Waals surface area contributed by atoms with Crippen molar-refractivity contribution in [3.8, 4) is 17.0 Å². The number of hydrogen-bond donors (Lipinski definition) is 1. The van der Waals surface area contributed by atoms with Crippen LogP contribution in [0, 0.1) is 0 Å². The molecule has 142 valence electrons. The van der Waals surface area contributed by atoms with E-state index in [2.05, 4.69) is 10.3 Å². The second-order valence-corrected chi connectivity index (χ2v) is 7.63. The molecule has 1 aliphatic heterocycles. The molecule has 0 saturated heterocycles. The minimum absolute atomic E-state index is 0.0983. The van der Waals surface area contributed by atoms with Crippen LogP contribution in [-0.2, 0) is 4.79 Å². The summed E-state index contributed by atoms with van der Waals surface area (Å²) in [5, 5.41) is 5.70. The number of fused-ring (bicyclic) bond motifs is 1. The standard InChI is InChI=1S/C20H16ClN3O3S/c1-11-19(26)24(2)16-9-13(5-8-17(16)27-11)15-10-28-20(22-15)23-18(25)12-3-6-14(21)7-4-12/h3-11H,1-2H3,(H,22,23,25)/t11-/m0/s1. The number of nitrogens with zero attached hydrogens (tertiary/aromatic N) is 2. The van der Waals surface area contributed by atoms with Crippen LogP contribution in [0.15, 0.2) is 47.8 Å². The number of carbonyl (C=O) groups excluding carboxylic acids is 2. The number of nitrogens with one attached hydrogen (secondary N) is 1. The van der Waals surface area contributed by atoms with E-state index in [0.29, 0.717) is 32.8 Å². The molecule has 0 bridgehead atoms. The smallest absolute Gasteiger partial charge is 0.267 e. The van der Waals surface area contributed by atoms with Crippen molar-refractivity contribution in [2.45, 2.75) is 13.0 Å². The third-order valence-electron chi connectivity index (χ3n) is 4.43. The van der Waals surface area contributed by atoms with Gasteiger partial charge in [0.1, 0.15) is 5.75 Å². The first kappa shape index (κ1) is 18.5. The Morgan fingerprint density at radius 2 is 2.00 bits per heavy atom. The fourth-order valence-electron chi connectivity index (χ4n) is 2.91. The van der Waals surface area contributed by atoms with Crippen molar-refractivity contribution < 1.29 is 14.3 Å². The van der Waals surface area contributed by atoms with Gasteiger partial charge >= 0.3 is 0 Å². The maximum absolute atomic E-state index is 12.3. The van der Waals surface area contributed by atoms with E-state index in [9.17, 15) is 9.59 Å². The van der Waals surface area contributed by atoms with Gasteiger partial charge in [-0.2, -0.15) is 0 Å². The van der Waals surface area contributed by atoms with Gasteiger partial charge in [-0.1, -0.05) is 11.6 Å². The molecule has 1 aromatic heterocycles. The molecule has 2 heterocycles. The first-order valence-electron chi connectivity index (χ1n) is 8.53. The molecule has 2 amide bonds. The summed E-state index contributed by atoms with van der Waals surface area (Å²) in [5.74, 6) is 0.305. The zero-order valence-electron chi connectivity index (χ0n) is 15.1. The number of amides is 2. The highest BCUT2D eigenvalue weighted by molar-refractivity contribution is 7.14. The maximum atomic E-state index is 12.3. The van der Waals surface area contributed by atoms with Crippen molar-refractivity contribution in [3.63, 3.8) is 0 Å². The van der Waals surface area contributed by atoms with E-state index >= 15 is 0 Å². The van der Waals surface area contributed by atoms with E-state index in [4.69, 9.17) is 16.3 Å². The van der Waals surface area contributed by atoms with E-state index in [1.54, 1.807) is 43.1 Å². The topological polar surface area (TPSA) is 71.5 Å².